The topological polar surface area (TPSA) is 67.2 Å². The van der Waals surface area contributed by atoms with Gasteiger partial charge in [0.05, 0.1) is 18.4 Å². The fourth-order valence-corrected chi connectivity index (χ4v) is 4.67. The summed E-state index contributed by atoms with van der Waals surface area (Å²) in [6, 6.07) is 17.6. The van der Waals surface area contributed by atoms with Gasteiger partial charge in [-0.1, -0.05) is 48.0 Å². The van der Waals surface area contributed by atoms with Crippen LogP contribution in [-0.2, 0) is 24.3 Å². The van der Waals surface area contributed by atoms with Gasteiger partial charge in [0, 0.05) is 23.0 Å². The second kappa shape index (κ2) is 10.3. The Morgan fingerprint density at radius 3 is 2.48 bits per heavy atom. The molecule has 4 rings (SSSR count). The molecular formula is C25H25ClN4O2S. The average Bonchev–Trinajstić information content (AvgIpc) is 3.23. The number of halogens is 1. The van der Waals surface area contributed by atoms with Gasteiger partial charge in [0.25, 0.3) is 5.56 Å². The number of nitrogens with one attached hydrogen (secondary N) is 1. The number of benzene rings is 2. The second-order valence-electron chi connectivity index (χ2n) is 8.16. The Balaban J connectivity index is 1.41. The van der Waals surface area contributed by atoms with Crippen molar-refractivity contribution >= 4 is 39.1 Å². The van der Waals surface area contributed by atoms with Gasteiger partial charge in [-0.3, -0.25) is 14.2 Å². The molecule has 0 spiro atoms. The number of carbonyl (C=O) groups excluding carboxylic acids is 1. The SMILES string of the molecule is CN(C)CC(=O)NCc1ccc(CCn2cnc3cc(-c4ccc(Cl)cc4)sc3c2=O)cc1. The number of hydrogen-bond donors (Lipinski definition) is 1. The summed E-state index contributed by atoms with van der Waals surface area (Å²) in [5.74, 6) is -0.000796. The van der Waals surface area contributed by atoms with Crippen molar-refractivity contribution in [2.75, 3.05) is 20.6 Å². The highest BCUT2D eigenvalue weighted by molar-refractivity contribution is 7.22. The van der Waals surface area contributed by atoms with E-state index in [4.69, 9.17) is 11.6 Å². The van der Waals surface area contributed by atoms with Crippen LogP contribution in [0.15, 0.2) is 65.7 Å². The lowest BCUT2D eigenvalue weighted by Gasteiger charge is -2.10. The van der Waals surface area contributed by atoms with E-state index in [0.29, 0.717) is 34.9 Å². The number of amides is 1. The van der Waals surface area contributed by atoms with Crippen LogP contribution in [-0.4, -0.2) is 41.0 Å². The van der Waals surface area contributed by atoms with Crippen molar-refractivity contribution in [2.45, 2.75) is 19.5 Å². The highest BCUT2D eigenvalue weighted by Gasteiger charge is 2.11. The first-order valence-corrected chi connectivity index (χ1v) is 11.8. The molecule has 0 atom stereocenters. The van der Waals surface area contributed by atoms with Gasteiger partial charge in [-0.25, -0.2) is 4.98 Å². The Hall–Kier alpha value is -3.00. The van der Waals surface area contributed by atoms with Crippen LogP contribution in [0.4, 0.5) is 0 Å². The van der Waals surface area contributed by atoms with Gasteiger partial charge in [0.1, 0.15) is 4.70 Å². The van der Waals surface area contributed by atoms with Crippen LogP contribution in [0, 0.1) is 0 Å². The molecule has 2 aromatic heterocycles. The number of likely N-dealkylation sites (N-methyl/N-ethyl adjacent to an activating group) is 1. The van der Waals surface area contributed by atoms with Gasteiger partial charge < -0.3 is 10.2 Å². The van der Waals surface area contributed by atoms with E-state index in [1.807, 2.05) is 73.6 Å². The molecule has 1 amide bonds. The van der Waals surface area contributed by atoms with Crippen LogP contribution in [0.2, 0.25) is 5.02 Å². The van der Waals surface area contributed by atoms with E-state index >= 15 is 0 Å². The van der Waals surface area contributed by atoms with Gasteiger partial charge >= 0.3 is 0 Å². The third-order valence-electron chi connectivity index (χ3n) is 5.25. The van der Waals surface area contributed by atoms with Crippen LogP contribution in [0.1, 0.15) is 11.1 Å². The number of carbonyl (C=O) groups is 1. The van der Waals surface area contributed by atoms with Crippen LogP contribution >= 0.6 is 22.9 Å². The second-order valence-corrected chi connectivity index (χ2v) is 9.64. The molecular weight excluding hydrogens is 456 g/mol. The molecule has 0 saturated heterocycles. The molecule has 4 aromatic rings. The lowest BCUT2D eigenvalue weighted by atomic mass is 10.1. The van der Waals surface area contributed by atoms with Gasteiger partial charge in [-0.15, -0.1) is 11.3 Å². The first-order chi connectivity index (χ1) is 15.9. The molecule has 0 aliphatic carbocycles. The summed E-state index contributed by atoms with van der Waals surface area (Å²) in [7, 11) is 3.73. The molecule has 0 aliphatic rings. The first-order valence-electron chi connectivity index (χ1n) is 10.6. The third-order valence-corrected chi connectivity index (χ3v) is 6.66. The lowest BCUT2D eigenvalue weighted by molar-refractivity contribution is -0.121. The van der Waals surface area contributed by atoms with E-state index in [9.17, 15) is 9.59 Å². The Bertz CT molecular complexity index is 1310. The Morgan fingerprint density at radius 1 is 1.09 bits per heavy atom. The molecule has 8 heteroatoms. The molecule has 2 heterocycles. The highest BCUT2D eigenvalue weighted by Crippen LogP contribution is 2.31. The minimum absolute atomic E-state index is 0.000796. The largest absolute Gasteiger partial charge is 0.351 e. The average molecular weight is 481 g/mol. The van der Waals surface area contributed by atoms with Crippen LogP contribution in [0.3, 0.4) is 0 Å². The number of thiophene rings is 1. The number of aromatic nitrogens is 2. The molecule has 1 N–H and O–H groups in total. The zero-order valence-corrected chi connectivity index (χ0v) is 20.1. The molecule has 0 aliphatic heterocycles. The predicted molar refractivity (Wildman–Crippen MR) is 135 cm³/mol. The van der Waals surface area contributed by atoms with E-state index in [0.717, 1.165) is 28.0 Å². The van der Waals surface area contributed by atoms with Gasteiger partial charge in [-0.05, 0) is 55.4 Å². The van der Waals surface area contributed by atoms with Crippen molar-refractivity contribution in [3.8, 4) is 10.4 Å². The number of nitrogens with zero attached hydrogens (tertiary/aromatic N) is 3. The van der Waals surface area contributed by atoms with Gasteiger partial charge in [-0.2, -0.15) is 0 Å². The number of aryl methyl sites for hydroxylation is 2. The Morgan fingerprint density at radius 2 is 1.79 bits per heavy atom. The molecule has 0 bridgehead atoms. The maximum atomic E-state index is 13.0. The summed E-state index contributed by atoms with van der Waals surface area (Å²) in [6.07, 6.45) is 2.34. The van der Waals surface area contributed by atoms with Crippen LogP contribution in [0.5, 0.6) is 0 Å². The van der Waals surface area contributed by atoms with Crippen molar-refractivity contribution < 1.29 is 4.79 Å². The van der Waals surface area contributed by atoms with E-state index in [-0.39, 0.29) is 11.5 Å². The van der Waals surface area contributed by atoms with Crippen LogP contribution < -0.4 is 10.9 Å². The first kappa shape index (κ1) is 23.2. The molecule has 0 radical (unpaired) electrons. The van der Waals surface area contributed by atoms with Crippen molar-refractivity contribution in [3.63, 3.8) is 0 Å². The zero-order chi connectivity index (χ0) is 23.4. The van der Waals surface area contributed by atoms with E-state index in [2.05, 4.69) is 10.3 Å². The van der Waals surface area contributed by atoms with Crippen LogP contribution in [0.25, 0.3) is 20.7 Å². The maximum absolute atomic E-state index is 13.0. The predicted octanol–water partition coefficient (Wildman–Crippen LogP) is 4.20. The third kappa shape index (κ3) is 5.87. The molecule has 6 nitrogen and oxygen atoms in total. The minimum Gasteiger partial charge on any atom is -0.351 e. The monoisotopic (exact) mass is 480 g/mol. The standard InChI is InChI=1S/C25H25ClN4O2S/c1-29(2)15-23(31)27-14-18-5-3-17(4-6-18)11-12-30-16-28-21-13-22(33-24(21)25(30)32)19-7-9-20(26)10-8-19/h3-10,13,16H,11-12,14-15H2,1-2H3,(H,27,31). The summed E-state index contributed by atoms with van der Waals surface area (Å²) in [6.45, 7) is 1.42. The van der Waals surface area contributed by atoms with Crippen molar-refractivity contribution in [1.82, 2.24) is 19.8 Å². The summed E-state index contributed by atoms with van der Waals surface area (Å²) in [5, 5.41) is 3.59. The molecule has 0 fully saturated rings. The van der Waals surface area contributed by atoms with E-state index in [1.165, 1.54) is 11.3 Å². The fourth-order valence-electron chi connectivity index (χ4n) is 3.48. The van der Waals surface area contributed by atoms with E-state index in [1.54, 1.807) is 10.9 Å². The number of rotatable bonds is 8. The van der Waals surface area contributed by atoms with Crippen molar-refractivity contribution in [2.24, 2.45) is 0 Å². The Labute approximate surface area is 201 Å². The number of fused-ring (bicyclic) bond motifs is 1. The zero-order valence-electron chi connectivity index (χ0n) is 18.5. The molecule has 170 valence electrons. The highest BCUT2D eigenvalue weighted by atomic mass is 35.5. The molecule has 0 saturated carbocycles. The van der Waals surface area contributed by atoms with Gasteiger partial charge in [0.15, 0.2) is 0 Å². The smallest absolute Gasteiger partial charge is 0.271 e. The summed E-state index contributed by atoms with van der Waals surface area (Å²) < 4.78 is 2.33. The van der Waals surface area contributed by atoms with Crippen molar-refractivity contribution in [1.29, 1.82) is 0 Å². The quantitative estimate of drug-likeness (QED) is 0.410. The molecule has 33 heavy (non-hydrogen) atoms. The lowest BCUT2D eigenvalue weighted by Crippen LogP contribution is -2.32. The normalized spacial score (nSPS) is 11.3. The summed E-state index contributed by atoms with van der Waals surface area (Å²) in [4.78, 5) is 32.1. The molecule has 0 unspecified atom stereocenters. The van der Waals surface area contributed by atoms with Gasteiger partial charge in [0.2, 0.25) is 5.91 Å². The Kier molecular flexibility index (Phi) is 7.23. The maximum Gasteiger partial charge on any atom is 0.271 e. The minimum atomic E-state index is -0.0227. The fraction of sp³-hybridized carbons (Fsp3) is 0.240. The summed E-state index contributed by atoms with van der Waals surface area (Å²) >= 11 is 7.44. The van der Waals surface area contributed by atoms with E-state index < -0.39 is 0 Å². The van der Waals surface area contributed by atoms with Crippen molar-refractivity contribution in [3.05, 3.63) is 87.4 Å². The summed E-state index contributed by atoms with van der Waals surface area (Å²) in [5.41, 5.74) is 3.88. The number of hydrogen-bond acceptors (Lipinski definition) is 5. The molecule has 2 aromatic carbocycles.